The lowest BCUT2D eigenvalue weighted by Gasteiger charge is -2.34. The van der Waals surface area contributed by atoms with Crippen LogP contribution in [0.25, 0.3) is 0 Å². The summed E-state index contributed by atoms with van der Waals surface area (Å²) in [7, 11) is 0. The summed E-state index contributed by atoms with van der Waals surface area (Å²) in [5.74, 6) is -0.172. The third kappa shape index (κ3) is 6.29. The lowest BCUT2D eigenvalue weighted by atomic mass is 10.2. The molecule has 3 aromatic rings. The molecular formula is C23H23F4N7O2. The molecule has 2 heterocycles. The summed E-state index contributed by atoms with van der Waals surface area (Å²) >= 11 is 0. The van der Waals surface area contributed by atoms with Crippen molar-refractivity contribution in [2.75, 3.05) is 48.3 Å². The molecule has 1 aliphatic heterocycles. The van der Waals surface area contributed by atoms with Crippen LogP contribution in [0.2, 0.25) is 0 Å². The molecule has 1 saturated heterocycles. The number of hydrogen-bond donors (Lipinski definition) is 2. The Bertz CT molecular complexity index is 1220. The maximum absolute atomic E-state index is 13.4. The number of alkyl halides is 3. The van der Waals surface area contributed by atoms with Crippen LogP contribution < -0.4 is 20.3 Å². The monoisotopic (exact) mass is 505 g/mol. The average molecular weight is 505 g/mol. The minimum atomic E-state index is -4.49. The molecule has 0 unspecified atom stereocenters. The number of nitrogens with zero attached hydrogens (tertiary/aromatic N) is 5. The summed E-state index contributed by atoms with van der Waals surface area (Å²) in [6, 6.07) is 9.95. The number of amides is 2. The molecule has 4 rings (SSSR count). The molecule has 0 radical (unpaired) electrons. The molecule has 0 saturated carbocycles. The van der Waals surface area contributed by atoms with E-state index in [-0.39, 0.29) is 36.2 Å². The minimum absolute atomic E-state index is 0.0169. The molecule has 13 heteroatoms. The Hall–Kier alpha value is -4.16. The highest BCUT2D eigenvalue weighted by molar-refractivity contribution is 5.89. The summed E-state index contributed by atoms with van der Waals surface area (Å²) in [5.41, 5.74) is -0.297. The topological polar surface area (TPSA) is 95.5 Å². The Morgan fingerprint density at radius 1 is 1.00 bits per heavy atom. The van der Waals surface area contributed by atoms with E-state index in [9.17, 15) is 22.4 Å². The number of nitrogens with one attached hydrogen (secondary N) is 2. The second kappa shape index (κ2) is 10.6. The van der Waals surface area contributed by atoms with Crippen LogP contribution in [0.5, 0.6) is 6.01 Å². The van der Waals surface area contributed by atoms with Crippen LogP contribution in [0.1, 0.15) is 12.5 Å². The van der Waals surface area contributed by atoms with E-state index in [2.05, 4.69) is 25.6 Å². The Labute approximate surface area is 204 Å². The normalized spacial score (nSPS) is 13.9. The van der Waals surface area contributed by atoms with Crippen LogP contribution in [0.3, 0.4) is 0 Å². The molecule has 2 N–H and O–H groups in total. The highest BCUT2D eigenvalue weighted by Gasteiger charge is 2.30. The minimum Gasteiger partial charge on any atom is -0.464 e. The van der Waals surface area contributed by atoms with Gasteiger partial charge in [0.05, 0.1) is 12.2 Å². The standard InChI is InChI=1S/C23H23F4N7O2/c1-2-36-21-31-19(28-17-7-3-5-15(13-17)23(25,26)27)30-20(32-21)33-9-11-34(12-10-33)22(35)29-18-8-4-6-16(24)14-18/h3-8,13-14H,2,9-12H2,1H3,(H,29,35)(H,28,30,31,32). The number of carbonyl (C=O) groups excluding carboxylic acids is 1. The quantitative estimate of drug-likeness (QED) is 0.476. The van der Waals surface area contributed by atoms with E-state index < -0.39 is 17.6 Å². The molecule has 2 aromatic carbocycles. The molecule has 36 heavy (non-hydrogen) atoms. The maximum Gasteiger partial charge on any atom is 0.416 e. The zero-order chi connectivity index (χ0) is 25.7. The molecule has 1 fully saturated rings. The Kier molecular flexibility index (Phi) is 7.36. The van der Waals surface area contributed by atoms with E-state index in [1.807, 2.05) is 4.90 Å². The fraction of sp³-hybridized carbons (Fsp3) is 0.304. The van der Waals surface area contributed by atoms with Crippen LogP contribution in [0.4, 0.5) is 45.6 Å². The fourth-order valence-corrected chi connectivity index (χ4v) is 3.52. The molecule has 0 aliphatic carbocycles. The van der Waals surface area contributed by atoms with E-state index in [4.69, 9.17) is 4.74 Å². The first-order valence-corrected chi connectivity index (χ1v) is 11.1. The summed E-state index contributed by atoms with van der Waals surface area (Å²) in [5, 5.41) is 5.44. The third-order valence-electron chi connectivity index (χ3n) is 5.25. The summed E-state index contributed by atoms with van der Waals surface area (Å²) < 4.78 is 58.0. The van der Waals surface area contributed by atoms with Gasteiger partial charge >= 0.3 is 18.2 Å². The van der Waals surface area contributed by atoms with Gasteiger partial charge in [-0.2, -0.15) is 28.1 Å². The van der Waals surface area contributed by atoms with Crippen LogP contribution >= 0.6 is 0 Å². The SMILES string of the molecule is CCOc1nc(Nc2cccc(C(F)(F)F)c2)nc(N2CCN(C(=O)Nc3cccc(F)c3)CC2)n1. The molecule has 0 bridgehead atoms. The molecule has 190 valence electrons. The first-order valence-electron chi connectivity index (χ1n) is 11.1. The molecular weight excluding hydrogens is 482 g/mol. The van der Waals surface area contributed by atoms with Gasteiger partial charge in [0.25, 0.3) is 0 Å². The van der Waals surface area contributed by atoms with E-state index in [1.54, 1.807) is 17.9 Å². The number of hydrogen-bond acceptors (Lipinski definition) is 7. The Morgan fingerprint density at radius 2 is 1.72 bits per heavy atom. The number of rotatable bonds is 6. The zero-order valence-corrected chi connectivity index (χ0v) is 19.2. The molecule has 1 aliphatic rings. The van der Waals surface area contributed by atoms with Crippen molar-refractivity contribution in [3.8, 4) is 6.01 Å². The number of piperazine rings is 1. The van der Waals surface area contributed by atoms with E-state index in [1.165, 1.54) is 30.3 Å². The predicted octanol–water partition coefficient (Wildman–Crippen LogP) is 4.53. The first kappa shape index (κ1) is 24.9. The van der Waals surface area contributed by atoms with Gasteiger partial charge < -0.3 is 25.2 Å². The highest BCUT2D eigenvalue weighted by Crippen LogP contribution is 2.31. The molecule has 9 nitrogen and oxygen atoms in total. The van der Waals surface area contributed by atoms with Crippen molar-refractivity contribution in [1.29, 1.82) is 0 Å². The second-order valence-corrected chi connectivity index (χ2v) is 7.79. The largest absolute Gasteiger partial charge is 0.464 e. The van der Waals surface area contributed by atoms with Crippen molar-refractivity contribution in [2.24, 2.45) is 0 Å². The molecule has 1 aromatic heterocycles. The van der Waals surface area contributed by atoms with Gasteiger partial charge in [-0.05, 0) is 43.3 Å². The van der Waals surface area contributed by atoms with E-state index in [0.717, 1.165) is 12.1 Å². The van der Waals surface area contributed by atoms with Gasteiger partial charge in [-0.25, -0.2) is 9.18 Å². The van der Waals surface area contributed by atoms with Crippen molar-refractivity contribution in [3.05, 3.63) is 59.9 Å². The van der Waals surface area contributed by atoms with Gasteiger partial charge in [0, 0.05) is 37.6 Å². The number of halogens is 4. The van der Waals surface area contributed by atoms with Crippen LogP contribution in [-0.2, 0) is 6.18 Å². The first-order chi connectivity index (χ1) is 17.2. The molecule has 0 atom stereocenters. The number of urea groups is 1. The third-order valence-corrected chi connectivity index (χ3v) is 5.25. The van der Waals surface area contributed by atoms with Gasteiger partial charge in [-0.15, -0.1) is 0 Å². The van der Waals surface area contributed by atoms with E-state index >= 15 is 0 Å². The van der Waals surface area contributed by atoms with E-state index in [0.29, 0.717) is 31.9 Å². The lowest BCUT2D eigenvalue weighted by Crippen LogP contribution is -2.50. The van der Waals surface area contributed by atoms with Crippen molar-refractivity contribution in [3.63, 3.8) is 0 Å². The van der Waals surface area contributed by atoms with Crippen molar-refractivity contribution >= 4 is 29.3 Å². The Morgan fingerprint density at radius 3 is 2.42 bits per heavy atom. The van der Waals surface area contributed by atoms with Crippen molar-refractivity contribution in [2.45, 2.75) is 13.1 Å². The maximum atomic E-state index is 13.4. The highest BCUT2D eigenvalue weighted by atomic mass is 19.4. The van der Waals surface area contributed by atoms with Crippen LogP contribution in [-0.4, -0.2) is 58.7 Å². The fourth-order valence-electron chi connectivity index (χ4n) is 3.52. The van der Waals surface area contributed by atoms with Gasteiger partial charge in [0.1, 0.15) is 5.82 Å². The predicted molar refractivity (Wildman–Crippen MR) is 125 cm³/mol. The van der Waals surface area contributed by atoms with Crippen molar-refractivity contribution in [1.82, 2.24) is 19.9 Å². The van der Waals surface area contributed by atoms with Gasteiger partial charge in [-0.3, -0.25) is 0 Å². The molecule has 0 spiro atoms. The number of anilines is 4. The second-order valence-electron chi connectivity index (χ2n) is 7.79. The smallest absolute Gasteiger partial charge is 0.416 e. The summed E-state index contributed by atoms with van der Waals surface area (Å²) in [6.07, 6.45) is -4.49. The van der Waals surface area contributed by atoms with Gasteiger partial charge in [0.2, 0.25) is 11.9 Å². The Balaban J connectivity index is 1.45. The summed E-state index contributed by atoms with van der Waals surface area (Å²) in [6.45, 7) is 3.48. The number of benzene rings is 2. The van der Waals surface area contributed by atoms with Gasteiger partial charge in [0.15, 0.2) is 0 Å². The number of ether oxygens (including phenoxy) is 1. The van der Waals surface area contributed by atoms with Gasteiger partial charge in [-0.1, -0.05) is 12.1 Å². The zero-order valence-electron chi connectivity index (χ0n) is 19.2. The molecule has 2 amide bonds. The average Bonchev–Trinajstić information content (AvgIpc) is 2.84. The van der Waals surface area contributed by atoms with Crippen LogP contribution in [0.15, 0.2) is 48.5 Å². The van der Waals surface area contributed by atoms with Crippen LogP contribution in [0, 0.1) is 5.82 Å². The van der Waals surface area contributed by atoms with Crippen molar-refractivity contribution < 1.29 is 27.1 Å². The number of carbonyl (C=O) groups is 1. The summed E-state index contributed by atoms with van der Waals surface area (Å²) in [4.78, 5) is 28.7. The lowest BCUT2D eigenvalue weighted by molar-refractivity contribution is -0.137. The number of aromatic nitrogens is 3.